The number of nitrogens with one attached hydrogen (secondary N) is 2. The second kappa shape index (κ2) is 6.71. The number of carbonyl (C=O) groups excluding carboxylic acids is 1. The van der Waals surface area contributed by atoms with Crippen LogP contribution in [0.1, 0.15) is 51.8 Å². The molecule has 0 unspecified atom stereocenters. The predicted molar refractivity (Wildman–Crippen MR) is 93.0 cm³/mol. The first-order valence-electron chi connectivity index (χ1n) is 8.74. The number of piperidine rings is 1. The Kier molecular flexibility index (Phi) is 4.77. The van der Waals surface area contributed by atoms with Crippen LogP contribution in [0.4, 0.5) is 4.79 Å². The Morgan fingerprint density at radius 3 is 2.72 bits per heavy atom. The van der Waals surface area contributed by atoms with E-state index in [0.29, 0.717) is 23.7 Å². The Hall–Kier alpha value is -2.02. The van der Waals surface area contributed by atoms with Crippen molar-refractivity contribution in [1.82, 2.24) is 15.6 Å². The van der Waals surface area contributed by atoms with Crippen molar-refractivity contribution in [3.63, 3.8) is 0 Å². The van der Waals surface area contributed by atoms with Gasteiger partial charge in [-0.25, -0.2) is 9.78 Å². The molecule has 1 spiro atoms. The van der Waals surface area contributed by atoms with Gasteiger partial charge >= 0.3 is 6.09 Å². The molecule has 1 fully saturated rings. The van der Waals surface area contributed by atoms with E-state index in [0.717, 1.165) is 25.9 Å². The van der Waals surface area contributed by atoms with Gasteiger partial charge in [0.05, 0.1) is 13.2 Å². The van der Waals surface area contributed by atoms with E-state index in [1.54, 1.807) is 13.2 Å². The standard InChI is InChI=1S/C18H27N3O4/c1-17(2,3)25-16(22)20-12-11-18(7-9-19-10-8-18)24-13-5-6-14(23-4)21-15(12)13/h5-6,12,19H,7-11H2,1-4H3,(H,20,22)/t12-/m0/s1. The fraction of sp³-hybridized carbons (Fsp3) is 0.667. The number of ether oxygens (including phenoxy) is 3. The number of aromatic nitrogens is 1. The number of rotatable bonds is 2. The highest BCUT2D eigenvalue weighted by Crippen LogP contribution is 2.43. The van der Waals surface area contributed by atoms with Crippen molar-refractivity contribution in [2.45, 2.75) is 57.3 Å². The number of hydrogen-bond donors (Lipinski definition) is 2. The van der Waals surface area contributed by atoms with Gasteiger partial charge in [0.1, 0.15) is 22.6 Å². The zero-order valence-corrected chi connectivity index (χ0v) is 15.3. The van der Waals surface area contributed by atoms with Gasteiger partial charge in [-0.15, -0.1) is 0 Å². The van der Waals surface area contributed by atoms with E-state index in [9.17, 15) is 4.79 Å². The SMILES string of the molecule is COc1ccc2c(n1)[C@@H](NC(=O)OC(C)(C)C)CC1(CCNCC1)O2. The minimum atomic E-state index is -0.549. The Labute approximate surface area is 148 Å². The maximum atomic E-state index is 12.3. The number of pyridine rings is 1. The highest BCUT2D eigenvalue weighted by Gasteiger charge is 2.43. The van der Waals surface area contributed by atoms with E-state index in [4.69, 9.17) is 14.2 Å². The molecule has 3 heterocycles. The van der Waals surface area contributed by atoms with E-state index in [1.807, 2.05) is 26.8 Å². The molecule has 1 saturated heterocycles. The summed E-state index contributed by atoms with van der Waals surface area (Å²) in [5.41, 5.74) is -0.144. The van der Waals surface area contributed by atoms with Crippen LogP contribution in [0.3, 0.4) is 0 Å². The van der Waals surface area contributed by atoms with Crippen molar-refractivity contribution in [2.24, 2.45) is 0 Å². The molecule has 2 N–H and O–H groups in total. The maximum Gasteiger partial charge on any atom is 0.408 e. The molecule has 1 amide bonds. The molecule has 2 aliphatic rings. The predicted octanol–water partition coefficient (Wildman–Crippen LogP) is 2.56. The molecular formula is C18H27N3O4. The van der Waals surface area contributed by atoms with Gasteiger partial charge in [-0.3, -0.25) is 0 Å². The molecule has 0 aromatic carbocycles. The fourth-order valence-corrected chi connectivity index (χ4v) is 3.39. The van der Waals surface area contributed by atoms with Gasteiger partial charge in [-0.2, -0.15) is 0 Å². The highest BCUT2D eigenvalue weighted by molar-refractivity contribution is 5.68. The van der Waals surface area contributed by atoms with Gasteiger partial charge in [0.15, 0.2) is 0 Å². The van der Waals surface area contributed by atoms with Crippen LogP contribution in [-0.4, -0.2) is 42.5 Å². The molecule has 0 aliphatic carbocycles. The molecule has 138 valence electrons. The van der Waals surface area contributed by atoms with Crippen molar-refractivity contribution in [3.05, 3.63) is 17.8 Å². The molecule has 1 aromatic heterocycles. The molecule has 7 nitrogen and oxygen atoms in total. The summed E-state index contributed by atoms with van der Waals surface area (Å²) in [7, 11) is 1.57. The fourth-order valence-electron chi connectivity index (χ4n) is 3.39. The van der Waals surface area contributed by atoms with Crippen LogP contribution in [-0.2, 0) is 4.74 Å². The van der Waals surface area contributed by atoms with E-state index in [2.05, 4.69) is 15.6 Å². The zero-order chi connectivity index (χ0) is 18.1. The Balaban J connectivity index is 1.87. The Morgan fingerprint density at radius 2 is 2.08 bits per heavy atom. The average Bonchev–Trinajstić information content (AvgIpc) is 2.53. The van der Waals surface area contributed by atoms with E-state index in [-0.39, 0.29) is 11.6 Å². The quantitative estimate of drug-likeness (QED) is 0.854. The third-order valence-electron chi connectivity index (χ3n) is 4.51. The number of carbonyl (C=O) groups is 1. The lowest BCUT2D eigenvalue weighted by atomic mass is 9.82. The van der Waals surface area contributed by atoms with Gasteiger partial charge < -0.3 is 24.8 Å². The van der Waals surface area contributed by atoms with Gasteiger partial charge in [0.2, 0.25) is 5.88 Å². The molecule has 7 heteroatoms. The molecule has 0 saturated carbocycles. The Morgan fingerprint density at radius 1 is 1.36 bits per heavy atom. The normalized spacial score (nSPS) is 21.8. The van der Waals surface area contributed by atoms with Gasteiger partial charge in [0.25, 0.3) is 0 Å². The Bertz CT molecular complexity index is 636. The molecule has 0 bridgehead atoms. The number of methoxy groups -OCH3 is 1. The molecular weight excluding hydrogens is 322 g/mol. The molecule has 3 rings (SSSR count). The van der Waals surface area contributed by atoms with Gasteiger partial charge in [-0.05, 0) is 52.8 Å². The maximum absolute atomic E-state index is 12.3. The summed E-state index contributed by atoms with van der Waals surface area (Å²) < 4.78 is 17.0. The molecule has 25 heavy (non-hydrogen) atoms. The molecule has 1 aromatic rings. The lowest BCUT2D eigenvalue weighted by molar-refractivity contribution is -0.00208. The number of amides is 1. The first-order valence-corrected chi connectivity index (χ1v) is 8.74. The number of alkyl carbamates (subject to hydrolysis) is 1. The molecule has 0 radical (unpaired) electrons. The van der Waals surface area contributed by atoms with Crippen molar-refractivity contribution in [3.8, 4) is 11.6 Å². The summed E-state index contributed by atoms with van der Waals surface area (Å²) in [4.78, 5) is 16.8. The van der Waals surface area contributed by atoms with Crippen LogP contribution in [0.5, 0.6) is 11.6 Å². The van der Waals surface area contributed by atoms with Crippen LogP contribution in [0, 0.1) is 0 Å². The third kappa shape index (κ3) is 4.15. The van der Waals surface area contributed by atoms with Crippen molar-refractivity contribution < 1.29 is 19.0 Å². The lowest BCUT2D eigenvalue weighted by Crippen LogP contribution is -2.51. The minimum absolute atomic E-state index is 0.271. The first-order chi connectivity index (χ1) is 11.8. The third-order valence-corrected chi connectivity index (χ3v) is 4.51. The van der Waals surface area contributed by atoms with Crippen LogP contribution >= 0.6 is 0 Å². The minimum Gasteiger partial charge on any atom is -0.485 e. The number of hydrogen-bond acceptors (Lipinski definition) is 6. The van der Waals surface area contributed by atoms with Crippen molar-refractivity contribution >= 4 is 6.09 Å². The second-order valence-corrected chi connectivity index (χ2v) is 7.68. The molecule has 2 aliphatic heterocycles. The molecule has 1 atom stereocenters. The largest absolute Gasteiger partial charge is 0.485 e. The number of nitrogens with zero attached hydrogens (tertiary/aromatic N) is 1. The monoisotopic (exact) mass is 349 g/mol. The summed E-state index contributed by atoms with van der Waals surface area (Å²) in [6.07, 6.45) is 2.01. The van der Waals surface area contributed by atoms with Gasteiger partial charge in [-0.1, -0.05) is 0 Å². The van der Waals surface area contributed by atoms with Gasteiger partial charge in [0, 0.05) is 12.5 Å². The second-order valence-electron chi connectivity index (χ2n) is 7.68. The smallest absolute Gasteiger partial charge is 0.408 e. The summed E-state index contributed by atoms with van der Waals surface area (Å²) in [6, 6.07) is 3.38. The van der Waals surface area contributed by atoms with Crippen LogP contribution in [0.15, 0.2) is 12.1 Å². The zero-order valence-electron chi connectivity index (χ0n) is 15.3. The van der Waals surface area contributed by atoms with E-state index >= 15 is 0 Å². The topological polar surface area (TPSA) is 81.7 Å². The highest BCUT2D eigenvalue weighted by atomic mass is 16.6. The number of fused-ring (bicyclic) bond motifs is 1. The van der Waals surface area contributed by atoms with Crippen molar-refractivity contribution in [2.75, 3.05) is 20.2 Å². The summed E-state index contributed by atoms with van der Waals surface area (Å²) in [5, 5.41) is 6.33. The average molecular weight is 349 g/mol. The summed E-state index contributed by atoms with van der Waals surface area (Å²) in [6.45, 7) is 7.34. The van der Waals surface area contributed by atoms with E-state index < -0.39 is 11.7 Å². The summed E-state index contributed by atoms with van der Waals surface area (Å²) >= 11 is 0. The van der Waals surface area contributed by atoms with Crippen LogP contribution < -0.4 is 20.1 Å². The van der Waals surface area contributed by atoms with Crippen LogP contribution in [0.25, 0.3) is 0 Å². The van der Waals surface area contributed by atoms with E-state index in [1.165, 1.54) is 0 Å². The first kappa shape index (κ1) is 17.8. The van der Waals surface area contributed by atoms with Crippen LogP contribution in [0.2, 0.25) is 0 Å². The summed E-state index contributed by atoms with van der Waals surface area (Å²) in [5.74, 6) is 1.20. The van der Waals surface area contributed by atoms with Crippen molar-refractivity contribution in [1.29, 1.82) is 0 Å². The lowest BCUT2D eigenvalue weighted by Gasteiger charge is -2.44.